The summed E-state index contributed by atoms with van der Waals surface area (Å²) < 4.78 is 5.27. The van der Waals surface area contributed by atoms with Crippen LogP contribution < -0.4 is 0 Å². The number of rotatable bonds is 1. The Hall–Kier alpha value is -1.38. The number of esters is 1. The van der Waals surface area contributed by atoms with E-state index in [1.165, 1.54) is 0 Å². The third-order valence-corrected chi connectivity index (χ3v) is 1.84. The SMILES string of the molecule is Cc1ccc(C(=O)OC(C)(C)C)c(C)n1. The van der Waals surface area contributed by atoms with Crippen LogP contribution in [-0.2, 0) is 4.74 Å². The lowest BCUT2D eigenvalue weighted by molar-refractivity contribution is 0.00682. The van der Waals surface area contributed by atoms with Crippen molar-refractivity contribution in [2.45, 2.75) is 40.2 Å². The summed E-state index contributed by atoms with van der Waals surface area (Å²) in [6.07, 6.45) is 0. The number of hydrogen-bond donors (Lipinski definition) is 0. The maximum atomic E-state index is 11.7. The normalized spacial score (nSPS) is 11.3. The molecule has 1 rings (SSSR count). The molecule has 1 heterocycles. The third kappa shape index (κ3) is 3.35. The van der Waals surface area contributed by atoms with E-state index in [0.717, 1.165) is 5.69 Å². The smallest absolute Gasteiger partial charge is 0.340 e. The van der Waals surface area contributed by atoms with E-state index in [1.807, 2.05) is 40.7 Å². The van der Waals surface area contributed by atoms with Crippen LogP contribution in [0.15, 0.2) is 12.1 Å². The minimum atomic E-state index is -0.464. The lowest BCUT2D eigenvalue weighted by Gasteiger charge is -2.19. The van der Waals surface area contributed by atoms with Crippen LogP contribution in [0, 0.1) is 13.8 Å². The average molecular weight is 207 g/mol. The first-order valence-electron chi connectivity index (χ1n) is 4.97. The number of carbonyl (C=O) groups excluding carboxylic acids is 1. The second-order valence-electron chi connectivity index (χ2n) is 4.59. The molecule has 0 amide bonds. The maximum Gasteiger partial charge on any atom is 0.340 e. The number of aryl methyl sites for hydroxylation is 2. The molecule has 15 heavy (non-hydrogen) atoms. The fourth-order valence-corrected chi connectivity index (χ4v) is 1.24. The first-order chi connectivity index (χ1) is 6.79. The lowest BCUT2D eigenvalue weighted by Crippen LogP contribution is -2.24. The van der Waals surface area contributed by atoms with Crippen LogP contribution in [0.4, 0.5) is 0 Å². The largest absolute Gasteiger partial charge is 0.456 e. The number of ether oxygens (including phenoxy) is 1. The van der Waals surface area contributed by atoms with E-state index in [2.05, 4.69) is 4.98 Å². The molecule has 1 aromatic rings. The molecule has 0 saturated heterocycles. The Kier molecular flexibility index (Phi) is 3.12. The van der Waals surface area contributed by atoms with E-state index in [-0.39, 0.29) is 5.97 Å². The van der Waals surface area contributed by atoms with E-state index >= 15 is 0 Å². The van der Waals surface area contributed by atoms with Gasteiger partial charge in [0.25, 0.3) is 0 Å². The Bertz CT molecular complexity index is 378. The van der Waals surface area contributed by atoms with Crippen LogP contribution in [-0.4, -0.2) is 16.6 Å². The molecule has 1 aromatic heterocycles. The highest BCUT2D eigenvalue weighted by atomic mass is 16.6. The molecule has 3 nitrogen and oxygen atoms in total. The maximum absolute atomic E-state index is 11.7. The summed E-state index contributed by atoms with van der Waals surface area (Å²) >= 11 is 0. The van der Waals surface area contributed by atoms with Gasteiger partial charge in [-0.3, -0.25) is 4.98 Å². The Morgan fingerprint density at radius 1 is 1.27 bits per heavy atom. The molecule has 0 N–H and O–H groups in total. The van der Waals surface area contributed by atoms with Crippen LogP contribution in [0.3, 0.4) is 0 Å². The summed E-state index contributed by atoms with van der Waals surface area (Å²) in [6, 6.07) is 3.57. The van der Waals surface area contributed by atoms with E-state index in [1.54, 1.807) is 6.07 Å². The van der Waals surface area contributed by atoms with Gasteiger partial charge in [-0.2, -0.15) is 0 Å². The zero-order valence-corrected chi connectivity index (χ0v) is 9.92. The van der Waals surface area contributed by atoms with Crippen LogP contribution in [0.25, 0.3) is 0 Å². The van der Waals surface area contributed by atoms with Gasteiger partial charge < -0.3 is 4.74 Å². The summed E-state index contributed by atoms with van der Waals surface area (Å²) in [5.41, 5.74) is 1.69. The fourth-order valence-electron chi connectivity index (χ4n) is 1.24. The Morgan fingerprint density at radius 3 is 2.33 bits per heavy atom. The molecule has 0 aliphatic rings. The molecule has 0 aliphatic carbocycles. The van der Waals surface area contributed by atoms with Crippen LogP contribution in [0.2, 0.25) is 0 Å². The van der Waals surface area contributed by atoms with E-state index in [0.29, 0.717) is 11.3 Å². The molecular formula is C12H17NO2. The highest BCUT2D eigenvalue weighted by Gasteiger charge is 2.19. The van der Waals surface area contributed by atoms with Crippen LogP contribution in [0.5, 0.6) is 0 Å². The predicted molar refractivity (Wildman–Crippen MR) is 58.9 cm³/mol. The first kappa shape index (κ1) is 11.7. The third-order valence-electron chi connectivity index (χ3n) is 1.84. The van der Waals surface area contributed by atoms with Crippen molar-refractivity contribution in [3.05, 3.63) is 29.1 Å². The van der Waals surface area contributed by atoms with Gasteiger partial charge in [-0.15, -0.1) is 0 Å². The van der Waals surface area contributed by atoms with Crippen molar-refractivity contribution in [2.75, 3.05) is 0 Å². The summed E-state index contributed by atoms with van der Waals surface area (Å²) in [7, 11) is 0. The van der Waals surface area contributed by atoms with Gasteiger partial charge in [0.1, 0.15) is 5.60 Å². The van der Waals surface area contributed by atoms with Crippen molar-refractivity contribution in [3.8, 4) is 0 Å². The number of aromatic nitrogens is 1. The van der Waals surface area contributed by atoms with Gasteiger partial charge >= 0.3 is 5.97 Å². The average Bonchev–Trinajstić information content (AvgIpc) is 1.99. The summed E-state index contributed by atoms with van der Waals surface area (Å²) in [4.78, 5) is 16.0. The number of hydrogen-bond acceptors (Lipinski definition) is 3. The van der Waals surface area contributed by atoms with Crippen molar-refractivity contribution in [2.24, 2.45) is 0 Å². The number of carbonyl (C=O) groups is 1. The second kappa shape index (κ2) is 4.01. The Morgan fingerprint density at radius 2 is 1.87 bits per heavy atom. The molecule has 0 aromatic carbocycles. The van der Waals surface area contributed by atoms with Gasteiger partial charge in [0.2, 0.25) is 0 Å². The van der Waals surface area contributed by atoms with Gasteiger partial charge in [0.15, 0.2) is 0 Å². The predicted octanol–water partition coefficient (Wildman–Crippen LogP) is 2.65. The second-order valence-corrected chi connectivity index (χ2v) is 4.59. The van der Waals surface area contributed by atoms with Crippen LogP contribution in [0.1, 0.15) is 42.5 Å². The molecule has 0 unspecified atom stereocenters. The monoisotopic (exact) mass is 207 g/mol. The van der Waals surface area contributed by atoms with Crippen molar-refractivity contribution in [1.29, 1.82) is 0 Å². The number of pyridine rings is 1. The Balaban J connectivity index is 2.92. The Labute approximate surface area is 90.5 Å². The molecule has 0 radical (unpaired) electrons. The molecule has 0 bridgehead atoms. The van der Waals surface area contributed by atoms with E-state index in [4.69, 9.17) is 4.74 Å². The quantitative estimate of drug-likeness (QED) is 0.664. The van der Waals surface area contributed by atoms with Gasteiger partial charge in [0.05, 0.1) is 11.3 Å². The molecule has 0 atom stereocenters. The first-order valence-corrected chi connectivity index (χ1v) is 4.97. The standard InChI is InChI=1S/C12H17NO2/c1-8-6-7-10(9(2)13-8)11(14)15-12(3,4)5/h6-7H,1-5H3. The minimum Gasteiger partial charge on any atom is -0.456 e. The molecule has 3 heteroatoms. The highest BCUT2D eigenvalue weighted by Crippen LogP contribution is 2.14. The lowest BCUT2D eigenvalue weighted by atomic mass is 10.1. The van der Waals surface area contributed by atoms with Crippen molar-refractivity contribution < 1.29 is 9.53 Å². The highest BCUT2D eigenvalue weighted by molar-refractivity contribution is 5.90. The molecule has 82 valence electrons. The molecule has 0 saturated carbocycles. The van der Waals surface area contributed by atoms with E-state index in [9.17, 15) is 4.79 Å². The summed E-state index contributed by atoms with van der Waals surface area (Å²) in [5, 5.41) is 0. The molecular weight excluding hydrogens is 190 g/mol. The molecule has 0 spiro atoms. The van der Waals surface area contributed by atoms with Gasteiger partial charge in [-0.25, -0.2) is 4.79 Å². The fraction of sp³-hybridized carbons (Fsp3) is 0.500. The van der Waals surface area contributed by atoms with E-state index < -0.39 is 5.60 Å². The minimum absolute atomic E-state index is 0.312. The zero-order chi connectivity index (χ0) is 11.6. The van der Waals surface area contributed by atoms with Crippen molar-refractivity contribution in [3.63, 3.8) is 0 Å². The topological polar surface area (TPSA) is 39.2 Å². The summed E-state index contributed by atoms with van der Waals surface area (Å²) in [5.74, 6) is -0.312. The number of nitrogens with zero attached hydrogens (tertiary/aromatic N) is 1. The summed E-state index contributed by atoms with van der Waals surface area (Å²) in [6.45, 7) is 9.25. The van der Waals surface area contributed by atoms with Crippen LogP contribution >= 0.6 is 0 Å². The zero-order valence-electron chi connectivity index (χ0n) is 9.92. The van der Waals surface area contributed by atoms with Crippen molar-refractivity contribution in [1.82, 2.24) is 4.98 Å². The van der Waals surface area contributed by atoms with Gasteiger partial charge in [-0.1, -0.05) is 0 Å². The van der Waals surface area contributed by atoms with Gasteiger partial charge in [-0.05, 0) is 46.8 Å². The van der Waals surface area contributed by atoms with Crippen molar-refractivity contribution >= 4 is 5.97 Å². The molecule has 0 aliphatic heterocycles. The van der Waals surface area contributed by atoms with Gasteiger partial charge in [0, 0.05) is 5.69 Å². The molecule has 0 fully saturated rings.